The number of benzene rings is 1. The van der Waals surface area contributed by atoms with E-state index in [-0.39, 0.29) is 11.0 Å². The Bertz CT molecular complexity index is 587. The molecule has 0 saturated carbocycles. The van der Waals surface area contributed by atoms with Gasteiger partial charge in [0.1, 0.15) is 12.0 Å². The van der Waals surface area contributed by atoms with E-state index in [4.69, 9.17) is 5.84 Å². The predicted molar refractivity (Wildman–Crippen MR) is 62.4 cm³/mol. The van der Waals surface area contributed by atoms with E-state index in [0.717, 1.165) is 22.6 Å². The van der Waals surface area contributed by atoms with Crippen molar-refractivity contribution in [1.82, 2.24) is 14.9 Å². The van der Waals surface area contributed by atoms with Gasteiger partial charge in [-0.05, 0) is 11.6 Å². The van der Waals surface area contributed by atoms with Crippen molar-refractivity contribution in [3.8, 4) is 0 Å². The van der Waals surface area contributed by atoms with Gasteiger partial charge in [0.2, 0.25) is 5.16 Å². The molecule has 1 aromatic heterocycles. The van der Waals surface area contributed by atoms with Gasteiger partial charge in [0, 0.05) is 5.75 Å². The fourth-order valence-corrected chi connectivity index (χ4v) is 2.04. The summed E-state index contributed by atoms with van der Waals surface area (Å²) in [5, 5.41) is 7.46. The Morgan fingerprint density at radius 1 is 1.41 bits per heavy atom. The molecule has 7 heteroatoms. The van der Waals surface area contributed by atoms with Gasteiger partial charge >= 0.3 is 0 Å². The van der Waals surface area contributed by atoms with E-state index in [1.807, 2.05) is 0 Å². The molecule has 5 nitrogen and oxygen atoms in total. The highest BCUT2D eigenvalue weighted by Gasteiger charge is 2.06. The summed E-state index contributed by atoms with van der Waals surface area (Å²) in [6.45, 7) is 0. The largest absolute Gasteiger partial charge is 0.334 e. The van der Waals surface area contributed by atoms with Gasteiger partial charge in [-0.1, -0.05) is 30.0 Å². The highest BCUT2D eigenvalue weighted by atomic mass is 32.2. The number of hydrogen-bond acceptors (Lipinski definition) is 5. The summed E-state index contributed by atoms with van der Waals surface area (Å²) in [5.41, 5.74) is 0.0756. The maximum atomic E-state index is 13.3. The third-order valence-corrected chi connectivity index (χ3v) is 3.06. The van der Waals surface area contributed by atoms with Crippen molar-refractivity contribution >= 4 is 11.8 Å². The van der Waals surface area contributed by atoms with E-state index in [9.17, 15) is 9.18 Å². The summed E-state index contributed by atoms with van der Waals surface area (Å²) in [4.78, 5) is 11.2. The molecule has 0 aliphatic carbocycles. The Morgan fingerprint density at radius 2 is 2.18 bits per heavy atom. The second kappa shape index (κ2) is 4.96. The first-order chi connectivity index (χ1) is 8.18. The van der Waals surface area contributed by atoms with E-state index in [1.165, 1.54) is 6.07 Å². The minimum Gasteiger partial charge on any atom is -0.334 e. The van der Waals surface area contributed by atoms with Crippen molar-refractivity contribution in [3.63, 3.8) is 0 Å². The molecule has 0 spiro atoms. The highest BCUT2D eigenvalue weighted by molar-refractivity contribution is 7.98. The number of hydrogen-bond donors (Lipinski definition) is 1. The van der Waals surface area contributed by atoms with Crippen LogP contribution in [0.5, 0.6) is 0 Å². The van der Waals surface area contributed by atoms with Crippen molar-refractivity contribution in [1.29, 1.82) is 0 Å². The van der Waals surface area contributed by atoms with Crippen LogP contribution in [0.4, 0.5) is 4.39 Å². The van der Waals surface area contributed by atoms with Gasteiger partial charge < -0.3 is 5.84 Å². The molecule has 0 unspecified atom stereocenters. The van der Waals surface area contributed by atoms with E-state index < -0.39 is 5.56 Å². The summed E-state index contributed by atoms with van der Waals surface area (Å²) >= 11 is 1.15. The number of aromatic nitrogens is 3. The van der Waals surface area contributed by atoms with Crippen LogP contribution >= 0.6 is 11.8 Å². The lowest BCUT2D eigenvalue weighted by atomic mass is 10.2. The lowest BCUT2D eigenvalue weighted by Crippen LogP contribution is -2.29. The predicted octanol–water partition coefficient (Wildman–Crippen LogP) is 0.783. The molecule has 0 aliphatic rings. The molecule has 2 rings (SSSR count). The Balaban J connectivity index is 2.16. The Labute approximate surface area is 100 Å². The first-order valence-electron chi connectivity index (χ1n) is 4.74. The van der Waals surface area contributed by atoms with Crippen molar-refractivity contribution in [2.45, 2.75) is 10.9 Å². The molecule has 0 saturated heterocycles. The maximum absolute atomic E-state index is 13.3. The number of nitrogen functional groups attached to an aromatic ring is 1. The Morgan fingerprint density at radius 3 is 2.94 bits per heavy atom. The van der Waals surface area contributed by atoms with Crippen LogP contribution in [0, 0.1) is 5.82 Å². The molecule has 0 atom stereocenters. The minimum atomic E-state index is -0.448. The molecule has 17 heavy (non-hydrogen) atoms. The second-order valence-corrected chi connectivity index (χ2v) is 4.16. The average Bonchev–Trinajstić information content (AvgIpc) is 2.33. The summed E-state index contributed by atoms with van der Waals surface area (Å²) in [7, 11) is 0. The van der Waals surface area contributed by atoms with Gasteiger partial charge in [-0.25, -0.2) is 4.39 Å². The molecule has 0 amide bonds. The van der Waals surface area contributed by atoms with E-state index in [1.54, 1.807) is 18.2 Å². The summed E-state index contributed by atoms with van der Waals surface area (Å²) in [5.74, 6) is 5.51. The normalized spacial score (nSPS) is 10.4. The molecule has 0 radical (unpaired) electrons. The van der Waals surface area contributed by atoms with Gasteiger partial charge in [0.25, 0.3) is 5.56 Å². The lowest BCUT2D eigenvalue weighted by molar-refractivity contribution is 0.617. The molecule has 1 aromatic carbocycles. The molecule has 2 aromatic rings. The molecule has 1 heterocycles. The van der Waals surface area contributed by atoms with E-state index in [0.29, 0.717) is 11.3 Å². The van der Waals surface area contributed by atoms with Gasteiger partial charge in [0.05, 0.1) is 0 Å². The minimum absolute atomic E-state index is 0.251. The zero-order valence-electron chi connectivity index (χ0n) is 8.71. The van der Waals surface area contributed by atoms with Gasteiger partial charge in [-0.3, -0.25) is 4.79 Å². The molecule has 0 bridgehead atoms. The monoisotopic (exact) mass is 252 g/mol. The molecular weight excluding hydrogens is 243 g/mol. The number of thioether (sulfide) groups is 1. The molecular formula is C10H9FN4OS. The second-order valence-electron chi connectivity index (χ2n) is 3.22. The fraction of sp³-hybridized carbons (Fsp3) is 0.100. The van der Waals surface area contributed by atoms with Crippen LogP contribution in [-0.2, 0) is 5.75 Å². The highest BCUT2D eigenvalue weighted by Crippen LogP contribution is 2.19. The van der Waals surface area contributed by atoms with Crippen LogP contribution in [-0.4, -0.2) is 14.9 Å². The van der Waals surface area contributed by atoms with Crippen molar-refractivity contribution in [2.75, 3.05) is 5.84 Å². The number of nitrogens with two attached hydrogens (primary N) is 1. The summed E-state index contributed by atoms with van der Waals surface area (Å²) in [6, 6.07) is 6.40. The quantitative estimate of drug-likeness (QED) is 0.645. The van der Waals surface area contributed by atoms with Gasteiger partial charge in [0.15, 0.2) is 0 Å². The SMILES string of the molecule is Nn1c(SCc2ccccc2F)nncc1=O. The van der Waals surface area contributed by atoms with Crippen LogP contribution in [0.15, 0.2) is 40.4 Å². The third kappa shape index (κ3) is 2.62. The van der Waals surface area contributed by atoms with Crippen LogP contribution in [0.1, 0.15) is 5.56 Å². The number of halogens is 1. The van der Waals surface area contributed by atoms with Crippen molar-refractivity contribution in [2.24, 2.45) is 0 Å². The van der Waals surface area contributed by atoms with Crippen LogP contribution in [0.2, 0.25) is 0 Å². The van der Waals surface area contributed by atoms with Crippen LogP contribution in [0.25, 0.3) is 0 Å². The smallest absolute Gasteiger partial charge is 0.291 e. The Kier molecular flexibility index (Phi) is 3.38. The molecule has 0 aliphatic heterocycles. The van der Waals surface area contributed by atoms with Gasteiger partial charge in [-0.15, -0.1) is 5.10 Å². The average molecular weight is 252 g/mol. The standard InChI is InChI=1S/C10H9FN4OS/c11-8-4-2-1-3-7(8)6-17-10-14-13-5-9(16)15(10)12/h1-5H,6,12H2. The molecule has 2 N–H and O–H groups in total. The van der Waals surface area contributed by atoms with E-state index >= 15 is 0 Å². The molecule has 0 fully saturated rings. The Hall–Kier alpha value is -1.89. The van der Waals surface area contributed by atoms with Crippen molar-refractivity contribution < 1.29 is 4.39 Å². The summed E-state index contributed by atoms with van der Waals surface area (Å²) < 4.78 is 14.2. The first-order valence-corrected chi connectivity index (χ1v) is 5.73. The zero-order valence-corrected chi connectivity index (χ0v) is 9.52. The number of rotatable bonds is 3. The van der Waals surface area contributed by atoms with Crippen LogP contribution < -0.4 is 11.4 Å². The van der Waals surface area contributed by atoms with Crippen molar-refractivity contribution in [3.05, 3.63) is 52.2 Å². The zero-order chi connectivity index (χ0) is 12.3. The molecule has 88 valence electrons. The van der Waals surface area contributed by atoms with E-state index in [2.05, 4.69) is 10.2 Å². The van der Waals surface area contributed by atoms with Crippen LogP contribution in [0.3, 0.4) is 0 Å². The fourth-order valence-electron chi connectivity index (χ4n) is 1.19. The maximum Gasteiger partial charge on any atom is 0.291 e. The lowest BCUT2D eigenvalue weighted by Gasteiger charge is -2.05. The van der Waals surface area contributed by atoms with Gasteiger partial charge in [-0.2, -0.15) is 9.77 Å². The number of nitrogens with zero attached hydrogens (tertiary/aromatic N) is 3. The summed E-state index contributed by atoms with van der Waals surface area (Å²) in [6.07, 6.45) is 1.02. The first kappa shape index (κ1) is 11.6. The topological polar surface area (TPSA) is 73.8 Å². The third-order valence-electron chi connectivity index (χ3n) is 2.07.